The van der Waals surface area contributed by atoms with Crippen LogP contribution in [0.5, 0.6) is 0 Å². The van der Waals surface area contributed by atoms with Crippen molar-refractivity contribution in [1.29, 1.82) is 0 Å². The van der Waals surface area contributed by atoms with Crippen LogP contribution in [0.25, 0.3) is 0 Å². The highest BCUT2D eigenvalue weighted by molar-refractivity contribution is 8.06. The molecule has 0 aliphatic heterocycles. The van der Waals surface area contributed by atoms with Crippen LogP contribution in [0.3, 0.4) is 0 Å². The molecule has 0 saturated heterocycles. The molecule has 0 aliphatic carbocycles. The predicted molar refractivity (Wildman–Crippen MR) is 104 cm³/mol. The first-order chi connectivity index (χ1) is 11.5. The monoisotopic (exact) mass is 378 g/mol. The van der Waals surface area contributed by atoms with Gasteiger partial charge in [0.05, 0.1) is 0 Å². The number of allylic oxidation sites excluding steroid dienone is 2. The number of hydrogen-bond acceptors (Lipinski definition) is 3. The summed E-state index contributed by atoms with van der Waals surface area (Å²) < 4.78 is 4.35. The zero-order chi connectivity index (χ0) is 18.1. The summed E-state index contributed by atoms with van der Waals surface area (Å²) in [5.74, 6) is -0.610. The second kappa shape index (κ2) is 16.3. The van der Waals surface area contributed by atoms with Gasteiger partial charge in [0, 0.05) is 18.2 Å². The zero-order valence-corrected chi connectivity index (χ0v) is 16.8. The molecule has 0 heterocycles. The Morgan fingerprint density at radius 1 is 0.875 bits per heavy atom. The Kier molecular flexibility index (Phi) is 16.1. The van der Waals surface area contributed by atoms with Crippen LogP contribution in [0, 0.1) is 0 Å². The van der Waals surface area contributed by atoms with Gasteiger partial charge in [-0.25, -0.2) is 0 Å². The van der Waals surface area contributed by atoms with Crippen LogP contribution in [-0.2, 0) is 21.1 Å². The van der Waals surface area contributed by atoms with E-state index in [4.69, 9.17) is 9.79 Å². The molecule has 0 aromatic rings. The summed E-state index contributed by atoms with van der Waals surface area (Å²) in [6.45, 7) is -1.59. The lowest BCUT2D eigenvalue weighted by atomic mass is 10.1. The van der Waals surface area contributed by atoms with E-state index >= 15 is 0 Å². The first-order valence-electron chi connectivity index (χ1n) is 9.38. The van der Waals surface area contributed by atoms with Gasteiger partial charge in [-0.2, -0.15) is 0 Å². The minimum Gasteiger partial charge on any atom is -0.392 e. The Morgan fingerprint density at radius 2 is 1.33 bits per heavy atom. The molecule has 0 atom stereocenters. The molecule has 24 heavy (non-hydrogen) atoms. The first-order valence-corrected chi connectivity index (χ1v) is 12.0. The maximum absolute atomic E-state index is 11.2. The number of unbranched alkanes of at least 4 members (excludes halogenated alkanes) is 11. The van der Waals surface area contributed by atoms with Crippen molar-refractivity contribution in [3.8, 4) is 0 Å². The highest BCUT2D eigenvalue weighted by atomic mass is 32.5. The van der Waals surface area contributed by atoms with E-state index in [0.29, 0.717) is 6.42 Å². The molecule has 0 amide bonds. The number of carbonyl (C=O) groups is 1. The summed E-state index contributed by atoms with van der Waals surface area (Å²) in [5, 5.41) is 0. The molecule has 0 aromatic carbocycles. The van der Waals surface area contributed by atoms with Gasteiger partial charge in [0.1, 0.15) is 0 Å². The van der Waals surface area contributed by atoms with E-state index in [1.807, 2.05) is 0 Å². The average molecular weight is 379 g/mol. The van der Waals surface area contributed by atoms with E-state index in [-0.39, 0.29) is 6.42 Å². The molecule has 2 N–H and O–H groups in total. The molecule has 0 bridgehead atoms. The molecule has 0 rings (SSSR count). The van der Waals surface area contributed by atoms with Crippen molar-refractivity contribution in [3.63, 3.8) is 0 Å². The third-order valence-electron chi connectivity index (χ3n) is 3.86. The highest BCUT2D eigenvalue weighted by Crippen LogP contribution is 2.36. The Morgan fingerprint density at radius 3 is 1.83 bits per heavy atom. The fourth-order valence-corrected chi connectivity index (χ4v) is 3.12. The summed E-state index contributed by atoms with van der Waals surface area (Å²) in [6.07, 6.45) is 20.4. The van der Waals surface area contributed by atoms with Gasteiger partial charge < -0.3 is 14.3 Å². The maximum atomic E-state index is 11.2. The first kappa shape index (κ1) is 23.8. The molecule has 142 valence electrons. The van der Waals surface area contributed by atoms with Crippen molar-refractivity contribution in [2.24, 2.45) is 0 Å². The normalized spacial score (nSPS) is 12.0. The molecule has 4 nitrogen and oxygen atoms in total. The van der Waals surface area contributed by atoms with Gasteiger partial charge in [0.15, 0.2) is 0 Å². The topological polar surface area (TPSA) is 66.8 Å². The molecule has 0 unspecified atom stereocenters. The summed E-state index contributed by atoms with van der Waals surface area (Å²) in [7, 11) is 0. The fraction of sp³-hybridized carbons (Fsp3) is 0.833. The van der Waals surface area contributed by atoms with Crippen molar-refractivity contribution in [2.75, 3.05) is 0 Å². The average Bonchev–Trinajstić information content (AvgIpc) is 2.49. The smallest absolute Gasteiger partial charge is 0.377 e. The SMILES string of the molecule is CCCCCCCC/C=C\CCCCCCCC(=O)OP(O)(O)=S. The highest BCUT2D eigenvalue weighted by Gasteiger charge is 2.14. The van der Waals surface area contributed by atoms with Crippen molar-refractivity contribution >= 4 is 24.5 Å². The van der Waals surface area contributed by atoms with Gasteiger partial charge in [0.2, 0.25) is 0 Å². The Labute approximate surface area is 152 Å². The molecule has 0 aliphatic rings. The Bertz CT molecular complexity index is 379. The quantitative estimate of drug-likeness (QED) is 0.202. The van der Waals surface area contributed by atoms with E-state index in [1.54, 1.807) is 0 Å². The van der Waals surface area contributed by atoms with Crippen molar-refractivity contribution in [3.05, 3.63) is 12.2 Å². The standard InChI is InChI=1S/C18H35O4PS/c1-2-3-4-5-6-7-8-9-10-11-12-13-14-15-16-17-18(19)22-23(20,21)24/h9-10H,2-8,11-17H2,1H3,(H2,20,21,24)/b10-9-. The van der Waals surface area contributed by atoms with E-state index in [1.165, 1.54) is 51.4 Å². The minimum atomic E-state index is -3.84. The lowest BCUT2D eigenvalue weighted by Crippen LogP contribution is -2.01. The minimum absolute atomic E-state index is 0.206. The van der Waals surface area contributed by atoms with Crippen LogP contribution in [0.4, 0.5) is 0 Å². The van der Waals surface area contributed by atoms with Crippen LogP contribution in [0.1, 0.15) is 96.8 Å². The van der Waals surface area contributed by atoms with Gasteiger partial charge in [-0.3, -0.25) is 4.79 Å². The van der Waals surface area contributed by atoms with Gasteiger partial charge in [-0.05, 0) is 32.1 Å². The molecular formula is C18H35O4PS. The van der Waals surface area contributed by atoms with Gasteiger partial charge in [-0.15, -0.1) is 0 Å². The maximum Gasteiger partial charge on any atom is 0.377 e. The predicted octanol–water partition coefficient (Wildman–Crippen LogP) is 5.78. The Hall–Kier alpha value is -0.220. The van der Waals surface area contributed by atoms with Gasteiger partial charge in [0.25, 0.3) is 0 Å². The van der Waals surface area contributed by atoms with E-state index in [9.17, 15) is 4.79 Å². The number of carbonyl (C=O) groups excluding carboxylic acids is 1. The van der Waals surface area contributed by atoms with Crippen molar-refractivity contribution in [2.45, 2.75) is 96.8 Å². The van der Waals surface area contributed by atoms with E-state index in [0.717, 1.165) is 25.7 Å². The molecule has 6 heteroatoms. The lowest BCUT2D eigenvalue weighted by molar-refractivity contribution is -0.135. The lowest BCUT2D eigenvalue weighted by Gasteiger charge is -2.07. The molecule has 0 saturated carbocycles. The summed E-state index contributed by atoms with van der Waals surface area (Å²) in [5.41, 5.74) is 0. The molecule has 0 fully saturated rings. The van der Waals surface area contributed by atoms with Gasteiger partial charge in [-0.1, -0.05) is 70.4 Å². The molecule has 0 aromatic heterocycles. The van der Waals surface area contributed by atoms with E-state index in [2.05, 4.69) is 35.4 Å². The zero-order valence-electron chi connectivity index (χ0n) is 15.1. The van der Waals surface area contributed by atoms with Crippen LogP contribution in [0.2, 0.25) is 0 Å². The largest absolute Gasteiger partial charge is 0.392 e. The Balaban J connectivity index is 3.26. The molecular weight excluding hydrogens is 343 g/mol. The second-order valence-electron chi connectivity index (χ2n) is 6.29. The third-order valence-corrected chi connectivity index (χ3v) is 4.53. The van der Waals surface area contributed by atoms with Crippen LogP contribution in [0.15, 0.2) is 12.2 Å². The second-order valence-corrected chi connectivity index (χ2v) is 8.88. The van der Waals surface area contributed by atoms with E-state index < -0.39 is 12.7 Å². The number of hydrogen-bond donors (Lipinski definition) is 2. The molecule has 0 radical (unpaired) electrons. The summed E-state index contributed by atoms with van der Waals surface area (Å²) in [4.78, 5) is 28.9. The van der Waals surface area contributed by atoms with Gasteiger partial charge >= 0.3 is 12.7 Å². The van der Waals surface area contributed by atoms with Crippen LogP contribution >= 0.6 is 6.72 Å². The van der Waals surface area contributed by atoms with Crippen molar-refractivity contribution in [1.82, 2.24) is 0 Å². The van der Waals surface area contributed by atoms with Crippen LogP contribution < -0.4 is 0 Å². The third kappa shape index (κ3) is 19.8. The van der Waals surface area contributed by atoms with Crippen LogP contribution in [-0.4, -0.2) is 15.8 Å². The summed E-state index contributed by atoms with van der Waals surface area (Å²) in [6, 6.07) is 0. The summed E-state index contributed by atoms with van der Waals surface area (Å²) >= 11 is 4.24. The molecule has 0 spiro atoms. The fourth-order valence-electron chi connectivity index (χ4n) is 2.52. The van der Waals surface area contributed by atoms with Crippen molar-refractivity contribution < 1.29 is 19.1 Å². The number of rotatable bonds is 16.